The van der Waals surface area contributed by atoms with Gasteiger partial charge in [-0.15, -0.1) is 0 Å². The molecule has 1 aliphatic rings. The number of alkyl halides is 3. The van der Waals surface area contributed by atoms with Crippen molar-refractivity contribution in [3.05, 3.63) is 40.7 Å². The van der Waals surface area contributed by atoms with Crippen LogP contribution in [0, 0.1) is 16.5 Å². The third-order valence-electron chi connectivity index (χ3n) is 5.40. The second-order valence-corrected chi connectivity index (χ2v) is 8.06. The Balaban J connectivity index is 1.95. The predicted molar refractivity (Wildman–Crippen MR) is 105 cm³/mol. The van der Waals surface area contributed by atoms with Crippen LogP contribution < -0.4 is 0 Å². The molecule has 160 valence electrons. The Labute approximate surface area is 172 Å². The van der Waals surface area contributed by atoms with Crippen molar-refractivity contribution in [3.63, 3.8) is 0 Å². The van der Waals surface area contributed by atoms with Crippen molar-refractivity contribution in [1.82, 2.24) is 24.1 Å². The van der Waals surface area contributed by atoms with Gasteiger partial charge in [-0.1, -0.05) is 0 Å². The zero-order valence-electron chi connectivity index (χ0n) is 16.7. The lowest BCUT2D eigenvalue weighted by Crippen LogP contribution is -2.42. The fourth-order valence-electron chi connectivity index (χ4n) is 3.49. The standard InChI is InChI=1S/C19H25F4N5S/c1-13(25(2)3)17-24-27(12-26-10-4-5-14(11-26)19(21,22)23)18(29)28(17)16-8-6-15(20)7-9-16/h6-9,13-14H,4-5,10-12H2,1-3H3. The molecule has 1 saturated heterocycles. The summed E-state index contributed by atoms with van der Waals surface area (Å²) in [7, 11) is 3.81. The van der Waals surface area contributed by atoms with Crippen LogP contribution in [-0.2, 0) is 6.67 Å². The highest BCUT2D eigenvalue weighted by molar-refractivity contribution is 7.71. The van der Waals surface area contributed by atoms with Crippen molar-refractivity contribution in [2.45, 2.75) is 38.7 Å². The Morgan fingerprint density at radius 1 is 1.24 bits per heavy atom. The van der Waals surface area contributed by atoms with E-state index in [1.165, 1.54) is 12.1 Å². The first-order valence-corrected chi connectivity index (χ1v) is 9.90. The summed E-state index contributed by atoms with van der Waals surface area (Å²) < 4.78 is 56.5. The van der Waals surface area contributed by atoms with Crippen LogP contribution >= 0.6 is 12.2 Å². The fourth-order valence-corrected chi connectivity index (χ4v) is 3.79. The SMILES string of the molecule is CC(c1nn(CN2CCCC(C(F)(F)F)C2)c(=S)n1-c1ccc(F)cc1)N(C)C. The number of benzene rings is 1. The van der Waals surface area contributed by atoms with Gasteiger partial charge >= 0.3 is 6.18 Å². The van der Waals surface area contributed by atoms with Gasteiger partial charge in [0.25, 0.3) is 0 Å². The highest BCUT2D eigenvalue weighted by Crippen LogP contribution is 2.33. The quantitative estimate of drug-likeness (QED) is 0.519. The summed E-state index contributed by atoms with van der Waals surface area (Å²) in [5.74, 6) is -1.04. The maximum atomic E-state index is 13.4. The lowest BCUT2D eigenvalue weighted by molar-refractivity contribution is -0.188. The van der Waals surface area contributed by atoms with Gasteiger partial charge in [-0.3, -0.25) is 14.4 Å². The molecule has 1 aliphatic heterocycles. The molecule has 0 N–H and O–H groups in total. The van der Waals surface area contributed by atoms with Crippen LogP contribution in [0.2, 0.25) is 0 Å². The topological polar surface area (TPSA) is 29.2 Å². The zero-order chi connectivity index (χ0) is 21.3. The molecule has 3 rings (SSSR count). The maximum Gasteiger partial charge on any atom is 0.393 e. The minimum Gasteiger partial charge on any atom is -0.300 e. The molecule has 2 unspecified atom stereocenters. The monoisotopic (exact) mass is 431 g/mol. The van der Waals surface area contributed by atoms with Gasteiger partial charge in [-0.2, -0.15) is 18.3 Å². The highest BCUT2D eigenvalue weighted by atomic mass is 32.1. The van der Waals surface area contributed by atoms with Gasteiger partial charge in [0.1, 0.15) is 5.82 Å². The van der Waals surface area contributed by atoms with E-state index in [-0.39, 0.29) is 31.5 Å². The van der Waals surface area contributed by atoms with Crippen LogP contribution in [0.3, 0.4) is 0 Å². The van der Waals surface area contributed by atoms with Crippen molar-refractivity contribution in [2.24, 2.45) is 5.92 Å². The van der Waals surface area contributed by atoms with E-state index in [1.807, 2.05) is 25.9 Å². The Bertz CT molecular complexity index is 887. The first kappa shape index (κ1) is 21.9. The van der Waals surface area contributed by atoms with Crippen molar-refractivity contribution in [2.75, 3.05) is 27.2 Å². The zero-order valence-corrected chi connectivity index (χ0v) is 17.5. The Morgan fingerprint density at radius 2 is 1.90 bits per heavy atom. The van der Waals surface area contributed by atoms with Gasteiger partial charge in [0.15, 0.2) is 5.82 Å². The van der Waals surface area contributed by atoms with Gasteiger partial charge in [-0.05, 0) is 76.9 Å². The van der Waals surface area contributed by atoms with Crippen LogP contribution in [0.25, 0.3) is 5.69 Å². The number of hydrogen-bond acceptors (Lipinski definition) is 4. The van der Waals surface area contributed by atoms with Crippen LogP contribution in [0.1, 0.15) is 31.6 Å². The van der Waals surface area contributed by atoms with E-state index in [0.29, 0.717) is 29.2 Å². The van der Waals surface area contributed by atoms with E-state index >= 15 is 0 Å². The number of piperidine rings is 1. The van der Waals surface area contributed by atoms with Crippen molar-refractivity contribution in [1.29, 1.82) is 0 Å². The molecule has 1 aromatic heterocycles. The van der Waals surface area contributed by atoms with Gasteiger partial charge in [0, 0.05) is 12.2 Å². The molecule has 0 radical (unpaired) electrons. The Kier molecular flexibility index (Phi) is 6.45. The van der Waals surface area contributed by atoms with E-state index in [2.05, 4.69) is 5.10 Å². The molecule has 0 spiro atoms. The molecule has 0 amide bonds. The first-order valence-electron chi connectivity index (χ1n) is 9.49. The predicted octanol–water partition coefficient (Wildman–Crippen LogP) is 4.40. The van der Waals surface area contributed by atoms with Gasteiger partial charge in [0.2, 0.25) is 4.77 Å². The first-order chi connectivity index (χ1) is 13.6. The molecule has 0 aliphatic carbocycles. The molecule has 1 fully saturated rings. The average Bonchev–Trinajstić information content (AvgIpc) is 2.97. The third-order valence-corrected chi connectivity index (χ3v) is 5.79. The number of halogens is 4. The molecule has 1 aromatic carbocycles. The molecule has 10 heteroatoms. The molecule has 29 heavy (non-hydrogen) atoms. The minimum absolute atomic E-state index is 0.0623. The fraction of sp³-hybridized carbons (Fsp3) is 0.579. The number of hydrogen-bond donors (Lipinski definition) is 0. The summed E-state index contributed by atoms with van der Waals surface area (Å²) >= 11 is 5.61. The summed E-state index contributed by atoms with van der Waals surface area (Å²) in [6.45, 7) is 2.65. The number of likely N-dealkylation sites (tertiary alicyclic amines) is 1. The van der Waals surface area contributed by atoms with E-state index in [4.69, 9.17) is 12.2 Å². The largest absolute Gasteiger partial charge is 0.393 e. The third kappa shape index (κ3) is 4.87. The maximum absolute atomic E-state index is 13.4. The summed E-state index contributed by atoms with van der Waals surface area (Å²) in [6, 6.07) is 5.81. The molecular weight excluding hydrogens is 406 g/mol. The lowest BCUT2D eigenvalue weighted by atomic mass is 9.98. The normalized spacial score (nSPS) is 19.7. The van der Waals surface area contributed by atoms with Crippen LogP contribution in [0.5, 0.6) is 0 Å². The van der Waals surface area contributed by atoms with Crippen molar-refractivity contribution >= 4 is 12.2 Å². The molecule has 0 bridgehead atoms. The van der Waals surface area contributed by atoms with E-state index < -0.39 is 12.1 Å². The van der Waals surface area contributed by atoms with E-state index in [1.54, 1.807) is 26.3 Å². The number of aromatic nitrogens is 3. The summed E-state index contributed by atoms with van der Waals surface area (Å²) in [6.07, 6.45) is -3.56. The smallest absolute Gasteiger partial charge is 0.300 e. The number of rotatable bonds is 5. The van der Waals surface area contributed by atoms with Crippen LogP contribution in [-0.4, -0.2) is 57.5 Å². The molecule has 5 nitrogen and oxygen atoms in total. The summed E-state index contributed by atoms with van der Waals surface area (Å²) in [5.41, 5.74) is 0.665. The van der Waals surface area contributed by atoms with Gasteiger partial charge in [-0.25, -0.2) is 9.07 Å². The van der Waals surface area contributed by atoms with Gasteiger partial charge < -0.3 is 0 Å². The van der Waals surface area contributed by atoms with E-state index in [0.717, 1.165) is 0 Å². The second-order valence-electron chi connectivity index (χ2n) is 7.69. The molecule has 2 aromatic rings. The van der Waals surface area contributed by atoms with Gasteiger partial charge in [0.05, 0.1) is 18.6 Å². The summed E-state index contributed by atoms with van der Waals surface area (Å²) in [4.78, 5) is 3.70. The van der Waals surface area contributed by atoms with Crippen molar-refractivity contribution < 1.29 is 17.6 Å². The van der Waals surface area contributed by atoms with Crippen LogP contribution in [0.4, 0.5) is 17.6 Å². The average molecular weight is 432 g/mol. The minimum atomic E-state index is -4.20. The lowest BCUT2D eigenvalue weighted by Gasteiger charge is -2.33. The Hall–Kier alpha value is -1.78. The molecule has 2 heterocycles. The van der Waals surface area contributed by atoms with E-state index in [9.17, 15) is 17.6 Å². The molecule has 0 saturated carbocycles. The second kappa shape index (κ2) is 8.53. The number of nitrogens with zero attached hydrogens (tertiary/aromatic N) is 5. The molecule has 2 atom stereocenters. The highest BCUT2D eigenvalue weighted by Gasteiger charge is 2.41. The van der Waals surface area contributed by atoms with Crippen molar-refractivity contribution in [3.8, 4) is 5.69 Å². The Morgan fingerprint density at radius 3 is 2.48 bits per heavy atom. The summed E-state index contributed by atoms with van der Waals surface area (Å²) in [5, 5.41) is 4.63. The van der Waals surface area contributed by atoms with Crippen LogP contribution in [0.15, 0.2) is 24.3 Å². The molecular formula is C19H25F4N5S.